The fourth-order valence-electron chi connectivity index (χ4n) is 1.90. The van der Waals surface area contributed by atoms with Crippen molar-refractivity contribution in [1.82, 2.24) is 0 Å². The van der Waals surface area contributed by atoms with Crippen LogP contribution < -0.4 is 10.6 Å². The number of hydrogen-bond donors (Lipinski definition) is 0. The van der Waals surface area contributed by atoms with Crippen molar-refractivity contribution in [3.05, 3.63) is 83.1 Å². The first-order valence-corrected chi connectivity index (χ1v) is 8.64. The van der Waals surface area contributed by atoms with Gasteiger partial charge in [-0.05, 0) is 11.4 Å². The molecule has 0 fully saturated rings. The summed E-state index contributed by atoms with van der Waals surface area (Å²) in [5.41, 5.74) is 0. The topological polar surface area (TPSA) is 26.3 Å². The van der Waals surface area contributed by atoms with Gasteiger partial charge in [0.2, 0.25) is 0 Å². The molecule has 3 rings (SSSR count). The lowest BCUT2D eigenvalue weighted by Gasteiger charge is -2.17. The van der Waals surface area contributed by atoms with Crippen LogP contribution in [0.1, 0.15) is 9.67 Å². The normalized spacial score (nSPS) is 10.5. The average Bonchev–Trinajstić information content (AvgIpc) is 3.09. The van der Waals surface area contributed by atoms with E-state index >= 15 is 0 Å². The SMILES string of the molecule is O=C(OP(c1ccccc1)c1ccccc1)c1cccs1. The molecule has 0 bridgehead atoms. The highest BCUT2D eigenvalue weighted by molar-refractivity contribution is 7.69. The lowest BCUT2D eigenvalue weighted by atomic mass is 10.4. The van der Waals surface area contributed by atoms with Crippen molar-refractivity contribution in [3.8, 4) is 0 Å². The van der Waals surface area contributed by atoms with Gasteiger partial charge in [-0.2, -0.15) is 0 Å². The van der Waals surface area contributed by atoms with Crippen LogP contribution in [-0.4, -0.2) is 5.97 Å². The fourth-order valence-corrected chi connectivity index (χ4v) is 4.22. The predicted molar refractivity (Wildman–Crippen MR) is 88.8 cm³/mol. The first-order valence-electron chi connectivity index (χ1n) is 6.50. The summed E-state index contributed by atoms with van der Waals surface area (Å²) >= 11 is 1.40. The van der Waals surface area contributed by atoms with Crippen LogP contribution >= 0.6 is 19.5 Å². The zero-order valence-electron chi connectivity index (χ0n) is 11.2. The third-order valence-corrected chi connectivity index (χ3v) is 5.61. The van der Waals surface area contributed by atoms with Gasteiger partial charge in [-0.1, -0.05) is 66.7 Å². The highest BCUT2D eigenvalue weighted by Gasteiger charge is 2.20. The Balaban J connectivity index is 1.92. The second-order valence-electron chi connectivity index (χ2n) is 4.32. The zero-order valence-corrected chi connectivity index (χ0v) is 12.9. The number of hydrogen-bond acceptors (Lipinski definition) is 3. The summed E-state index contributed by atoms with van der Waals surface area (Å²) in [4.78, 5) is 12.9. The fraction of sp³-hybridized carbons (Fsp3) is 0. The molecule has 21 heavy (non-hydrogen) atoms. The second-order valence-corrected chi connectivity index (χ2v) is 7.07. The van der Waals surface area contributed by atoms with Crippen molar-refractivity contribution in [2.24, 2.45) is 0 Å². The molecule has 1 heterocycles. The molecule has 0 saturated heterocycles. The van der Waals surface area contributed by atoms with Crippen LogP contribution in [0.4, 0.5) is 0 Å². The van der Waals surface area contributed by atoms with Crippen LogP contribution in [-0.2, 0) is 4.52 Å². The van der Waals surface area contributed by atoms with E-state index in [9.17, 15) is 4.79 Å². The Kier molecular flexibility index (Phi) is 4.44. The minimum atomic E-state index is -1.14. The van der Waals surface area contributed by atoms with E-state index in [1.165, 1.54) is 11.3 Å². The summed E-state index contributed by atoms with van der Waals surface area (Å²) in [6, 6.07) is 23.4. The molecule has 0 N–H and O–H groups in total. The molecule has 0 atom stereocenters. The van der Waals surface area contributed by atoms with Gasteiger partial charge in [-0.3, -0.25) is 0 Å². The number of rotatable bonds is 4. The predicted octanol–water partition coefficient (Wildman–Crippen LogP) is 3.95. The van der Waals surface area contributed by atoms with E-state index in [2.05, 4.69) is 0 Å². The zero-order chi connectivity index (χ0) is 14.5. The molecule has 104 valence electrons. The monoisotopic (exact) mass is 312 g/mol. The molecule has 1 aromatic heterocycles. The van der Waals surface area contributed by atoms with Crippen LogP contribution in [0.15, 0.2) is 78.2 Å². The molecule has 0 saturated carbocycles. The molecule has 2 nitrogen and oxygen atoms in total. The minimum Gasteiger partial charge on any atom is -0.431 e. The molecule has 3 aromatic rings. The van der Waals surface area contributed by atoms with Crippen LogP contribution in [0.3, 0.4) is 0 Å². The van der Waals surface area contributed by atoms with Gasteiger partial charge in [0.25, 0.3) is 0 Å². The van der Waals surface area contributed by atoms with Crippen LogP contribution in [0.25, 0.3) is 0 Å². The van der Waals surface area contributed by atoms with Crippen molar-refractivity contribution >= 4 is 36.1 Å². The maximum Gasteiger partial charge on any atom is 0.351 e. The van der Waals surface area contributed by atoms with E-state index in [4.69, 9.17) is 4.52 Å². The molecular weight excluding hydrogens is 299 g/mol. The molecule has 4 heteroatoms. The van der Waals surface area contributed by atoms with E-state index < -0.39 is 8.15 Å². The first-order chi connectivity index (χ1) is 10.3. The summed E-state index contributed by atoms with van der Waals surface area (Å²) in [6.07, 6.45) is 0. The van der Waals surface area contributed by atoms with Gasteiger partial charge in [0.05, 0.1) is 0 Å². The third kappa shape index (κ3) is 3.38. The van der Waals surface area contributed by atoms with Gasteiger partial charge in [-0.15, -0.1) is 11.3 Å². The molecule has 0 aliphatic rings. The standard InChI is InChI=1S/C17H13O2PS/c18-17(16-12-7-13-21-16)19-20(14-8-3-1-4-9-14)15-10-5-2-6-11-15/h1-13H. The van der Waals surface area contributed by atoms with Gasteiger partial charge in [0.1, 0.15) is 4.88 Å². The Morgan fingerprint density at radius 3 is 1.86 bits per heavy atom. The van der Waals surface area contributed by atoms with E-state index in [0.29, 0.717) is 4.88 Å². The second kappa shape index (κ2) is 6.66. The summed E-state index contributed by atoms with van der Waals surface area (Å²) in [5, 5.41) is 3.94. The maximum absolute atomic E-state index is 12.3. The summed E-state index contributed by atoms with van der Waals surface area (Å²) in [7, 11) is -1.14. The van der Waals surface area contributed by atoms with Gasteiger partial charge in [0.15, 0.2) is 8.15 Å². The summed E-state index contributed by atoms with van der Waals surface area (Å²) < 4.78 is 5.80. The van der Waals surface area contributed by atoms with E-state index in [1.807, 2.05) is 72.1 Å². The van der Waals surface area contributed by atoms with Crippen molar-refractivity contribution in [1.29, 1.82) is 0 Å². The Labute approximate surface area is 128 Å². The Hall–Kier alpha value is -1.96. The van der Waals surface area contributed by atoms with E-state index in [1.54, 1.807) is 6.07 Å². The molecular formula is C17H13O2PS. The molecule has 2 aromatic carbocycles. The van der Waals surface area contributed by atoms with Crippen molar-refractivity contribution in [2.45, 2.75) is 0 Å². The molecule has 0 spiro atoms. The van der Waals surface area contributed by atoms with Crippen molar-refractivity contribution in [2.75, 3.05) is 0 Å². The Bertz CT molecular complexity index is 657. The number of benzene rings is 2. The van der Waals surface area contributed by atoms with Crippen LogP contribution in [0.2, 0.25) is 0 Å². The molecule has 0 aliphatic carbocycles. The third-order valence-electron chi connectivity index (χ3n) is 2.88. The quantitative estimate of drug-likeness (QED) is 0.682. The van der Waals surface area contributed by atoms with Crippen LogP contribution in [0, 0.1) is 0 Å². The van der Waals surface area contributed by atoms with Crippen molar-refractivity contribution in [3.63, 3.8) is 0 Å². The Morgan fingerprint density at radius 2 is 1.38 bits per heavy atom. The summed E-state index contributed by atoms with van der Waals surface area (Å²) in [5.74, 6) is -0.260. The van der Waals surface area contributed by atoms with Crippen molar-refractivity contribution < 1.29 is 9.32 Å². The molecule has 0 aliphatic heterocycles. The van der Waals surface area contributed by atoms with Gasteiger partial charge < -0.3 is 4.52 Å². The largest absolute Gasteiger partial charge is 0.431 e. The van der Waals surface area contributed by atoms with Gasteiger partial charge >= 0.3 is 5.97 Å². The lowest BCUT2D eigenvalue weighted by Crippen LogP contribution is -2.16. The first kappa shape index (κ1) is 14.0. The number of thiophene rings is 1. The van der Waals surface area contributed by atoms with Gasteiger partial charge in [0, 0.05) is 10.6 Å². The smallest absolute Gasteiger partial charge is 0.351 e. The molecule has 0 unspecified atom stereocenters. The van der Waals surface area contributed by atoms with Gasteiger partial charge in [-0.25, -0.2) is 4.79 Å². The summed E-state index contributed by atoms with van der Waals surface area (Å²) in [6.45, 7) is 0. The molecule has 0 amide bonds. The highest BCUT2D eigenvalue weighted by Crippen LogP contribution is 2.36. The van der Waals surface area contributed by atoms with Crippen LogP contribution in [0.5, 0.6) is 0 Å². The Morgan fingerprint density at radius 1 is 0.810 bits per heavy atom. The minimum absolute atomic E-state index is 0.260. The number of carbonyl (C=O) groups excluding carboxylic acids is 1. The maximum atomic E-state index is 12.3. The van der Waals surface area contributed by atoms with E-state index in [-0.39, 0.29) is 5.97 Å². The highest BCUT2D eigenvalue weighted by atomic mass is 32.1. The molecule has 0 radical (unpaired) electrons. The average molecular weight is 312 g/mol. The van der Waals surface area contributed by atoms with E-state index in [0.717, 1.165) is 10.6 Å². The number of carbonyl (C=O) groups is 1. The lowest BCUT2D eigenvalue weighted by molar-refractivity contribution is 0.0764.